The molecule has 4 heterocycles. The fraction of sp³-hybridized carbons (Fsp3) is 0.451. The van der Waals surface area contributed by atoms with Gasteiger partial charge in [-0.3, -0.25) is 29.1 Å². The highest BCUT2D eigenvalue weighted by Crippen LogP contribution is 2.44. The molecule has 2 aliphatic carbocycles. The monoisotopic (exact) mass is 1530 g/mol. The Morgan fingerprint density at radius 3 is 1.24 bits per heavy atom. The molecule has 109 heavy (non-hydrogen) atoms. The van der Waals surface area contributed by atoms with Crippen LogP contribution in [0.2, 0.25) is 26.2 Å². The lowest BCUT2D eigenvalue weighted by atomic mass is 9.84. The zero-order chi connectivity index (χ0) is 77.4. The van der Waals surface area contributed by atoms with Crippen molar-refractivity contribution in [1.82, 2.24) is 9.97 Å². The number of carbonyl (C=O) groups excluding carboxylic acids is 4. The summed E-state index contributed by atoms with van der Waals surface area (Å²) in [4.78, 5) is 61.6. The van der Waals surface area contributed by atoms with Crippen molar-refractivity contribution in [3.05, 3.63) is 226 Å². The summed E-state index contributed by atoms with van der Waals surface area (Å²) in [6.45, 7) is 11.9. The van der Waals surface area contributed by atoms with Gasteiger partial charge in [0.25, 0.3) is 0 Å². The highest BCUT2D eigenvalue weighted by Gasteiger charge is 2.42. The second-order valence-electron chi connectivity index (χ2n) is 31.8. The average molecular weight is 1530 g/mol. The van der Waals surface area contributed by atoms with Gasteiger partial charge in [-0.05, 0) is 186 Å². The van der Waals surface area contributed by atoms with E-state index in [9.17, 15) is 49.8 Å². The first kappa shape index (κ1) is 83.7. The number of aromatic nitrogens is 2. The van der Waals surface area contributed by atoms with Crippen LogP contribution < -0.4 is 5.73 Å². The molecule has 0 saturated heterocycles. The van der Waals surface area contributed by atoms with Crippen molar-refractivity contribution in [3.8, 4) is 0 Å². The Morgan fingerprint density at radius 1 is 0.459 bits per heavy atom. The Morgan fingerprint density at radius 2 is 0.835 bits per heavy atom. The molecule has 15 nitrogen and oxygen atoms in total. The number of nitrogens with two attached hydrogens (primary N) is 1. The number of hydrogen-bond acceptors (Lipinski definition) is 17. The number of benzene rings is 6. The zero-order valence-electron chi connectivity index (χ0n) is 64.1. The number of Topliss-reactive ketones (excluding diaryl/α,β-unsaturated/α-hetero) is 2. The summed E-state index contributed by atoms with van der Waals surface area (Å²) in [5.74, 6) is -0.831. The third-order valence-electron chi connectivity index (χ3n) is 21.6. The molecule has 4 unspecified atom stereocenters. The van der Waals surface area contributed by atoms with Gasteiger partial charge in [-0.25, -0.2) is 0 Å². The topological polar surface area (TPSA) is 260 Å². The van der Waals surface area contributed by atoms with Crippen LogP contribution in [0, 0.1) is 23.7 Å². The van der Waals surface area contributed by atoms with Crippen molar-refractivity contribution in [1.29, 1.82) is 0 Å². The van der Waals surface area contributed by atoms with Gasteiger partial charge in [-0.1, -0.05) is 193 Å². The van der Waals surface area contributed by atoms with Crippen LogP contribution in [0.15, 0.2) is 183 Å². The summed E-state index contributed by atoms with van der Waals surface area (Å²) in [6, 6.07) is 51.6. The van der Waals surface area contributed by atoms with Crippen molar-refractivity contribution >= 4 is 96.0 Å². The van der Waals surface area contributed by atoms with E-state index in [2.05, 4.69) is 72.6 Å². The van der Waals surface area contributed by atoms with Gasteiger partial charge in [-0.2, -0.15) is 0 Å². The maximum atomic E-state index is 13.3. The number of pyridine rings is 2. The minimum Gasteiger partial charge on any atom is -0.461 e. The first-order chi connectivity index (χ1) is 52.6. The Kier molecular flexibility index (Phi) is 31.9. The second-order valence-corrected chi connectivity index (χ2v) is 40.0. The SMILES string of the molecule is CCC(C(=O)Cc1ccc2cnccc2c1)c1ccc(COC(=O)CCCCCCC2[C@@H](CC[C@@H](O)c3cc4ccccc4s3)[C@H](O)C[C@@H]2O)cc1.C[Si](C)(C)C.NCC(C(=O)Cc1ccc2cnccc2c1)c1ccc(COC(=O)CCCCCCC2[C@@H](CC[C@@H](O)c3cc4ccccc4s3)[C@H](O)C[C@@H]2O)cc1. The fourth-order valence-corrected chi connectivity index (χ4v) is 17.9. The number of rotatable bonds is 36. The van der Waals surface area contributed by atoms with E-state index in [1.807, 2.05) is 134 Å². The third-order valence-corrected chi connectivity index (χ3v) is 24.1. The van der Waals surface area contributed by atoms with Crippen LogP contribution in [0.1, 0.15) is 196 Å². The molecule has 0 bridgehead atoms. The molecule has 12 atom stereocenters. The Bertz CT molecular complexity index is 4170. The summed E-state index contributed by atoms with van der Waals surface area (Å²) in [7, 11) is -0.611. The molecule has 0 spiro atoms. The lowest BCUT2D eigenvalue weighted by Gasteiger charge is -2.24. The van der Waals surface area contributed by atoms with Crippen LogP contribution in [0.25, 0.3) is 41.7 Å². The highest BCUT2D eigenvalue weighted by atomic mass is 32.1. The number of thiophene rings is 2. The number of hydrogen-bond donors (Lipinski definition) is 7. The van der Waals surface area contributed by atoms with Gasteiger partial charge < -0.3 is 45.8 Å². The van der Waals surface area contributed by atoms with Gasteiger partial charge in [0, 0.05) is 101 Å². The molecular weight excluding hydrogens is 1420 g/mol. The van der Waals surface area contributed by atoms with Gasteiger partial charge in [0.1, 0.15) is 24.8 Å². The standard InChI is InChI=1S/C44H51NO6S.C43H50N2O6S.C4H12Si/c1-2-35(39(47)24-30-15-18-34-27-45-22-21-32(34)23-30)31-16-13-29(14-17-31)28-51-44(50)12-6-4-3-5-10-36-37(41(49)26-40(36)48)19-20-38(46)43-25-33-9-7-8-11-42(33)52-43;44-25-36(38(47)22-29-13-16-33-26-45-20-19-31(33)21-29)30-14-11-28(12-15-30)27-51-43(50)10-4-2-1-3-8-34-35(40(49)24-39(34)48)17-18-37(46)42-23-32-7-5-6-9-41(32)52-42;1-5(2,3)4/h7-9,11,13-18,21-23,25,27,35-38,40-41,46,48-49H,2-6,10,12,19-20,24,26,28H2,1H3;5-7,9,11-16,19-21,23,26,34-37,39-40,46,48-49H,1-4,8,10,17-18,22,24-25,27,44H2;1-4H3/t35?,36?,37-,38-,40+,41-;34?,35-,36?,37-,39+,40-;/m11./s1. The van der Waals surface area contributed by atoms with E-state index >= 15 is 0 Å². The minimum absolute atomic E-state index is 0.0155. The van der Waals surface area contributed by atoms with Crippen molar-refractivity contribution in [2.45, 2.75) is 230 Å². The number of aliphatic hydroxyl groups excluding tert-OH is 6. The first-order valence-electron chi connectivity index (χ1n) is 39.5. The van der Waals surface area contributed by atoms with E-state index in [0.717, 1.165) is 149 Å². The molecule has 2 aliphatic rings. The van der Waals surface area contributed by atoms with Gasteiger partial charge in [0.05, 0.1) is 42.5 Å². The van der Waals surface area contributed by atoms with Gasteiger partial charge in [-0.15, -0.1) is 22.7 Å². The number of esters is 2. The molecule has 2 saturated carbocycles. The molecule has 10 aromatic rings. The highest BCUT2D eigenvalue weighted by molar-refractivity contribution is 7.19. The predicted molar refractivity (Wildman–Crippen MR) is 442 cm³/mol. The molecule has 2 fully saturated rings. The number of fused-ring (bicyclic) bond motifs is 4. The van der Waals surface area contributed by atoms with Gasteiger partial charge in [0.2, 0.25) is 0 Å². The molecule has 4 aromatic heterocycles. The number of carbonyl (C=O) groups is 4. The van der Waals surface area contributed by atoms with Crippen molar-refractivity contribution in [2.75, 3.05) is 6.54 Å². The lowest BCUT2D eigenvalue weighted by molar-refractivity contribution is -0.146. The molecule has 18 heteroatoms. The molecule has 0 radical (unpaired) electrons. The van der Waals surface area contributed by atoms with Crippen LogP contribution in [-0.4, -0.2) is 103 Å². The van der Waals surface area contributed by atoms with Crippen LogP contribution in [0.5, 0.6) is 0 Å². The van der Waals surface area contributed by atoms with Crippen LogP contribution >= 0.6 is 22.7 Å². The summed E-state index contributed by atoms with van der Waals surface area (Å²) in [6.07, 6.45) is 17.8. The summed E-state index contributed by atoms with van der Waals surface area (Å²) < 4.78 is 13.4. The molecule has 0 amide bonds. The molecule has 6 aromatic carbocycles. The van der Waals surface area contributed by atoms with E-state index in [4.69, 9.17) is 15.2 Å². The van der Waals surface area contributed by atoms with Crippen molar-refractivity contribution in [3.63, 3.8) is 0 Å². The molecular formula is C91H113N3O12S2Si. The summed E-state index contributed by atoms with van der Waals surface area (Å²) >= 11 is 3.22. The van der Waals surface area contributed by atoms with E-state index in [0.29, 0.717) is 70.6 Å². The largest absolute Gasteiger partial charge is 0.461 e. The Balaban J connectivity index is 0.000000219. The third kappa shape index (κ3) is 25.1. The van der Waals surface area contributed by atoms with Crippen LogP contribution in [0.3, 0.4) is 0 Å². The number of aliphatic hydroxyl groups is 6. The molecule has 0 aliphatic heterocycles. The van der Waals surface area contributed by atoms with Crippen LogP contribution in [0.4, 0.5) is 0 Å². The number of unbranched alkanes of at least 4 members (excludes halogenated alkanes) is 6. The lowest BCUT2D eigenvalue weighted by Crippen LogP contribution is -2.23. The normalized spacial score (nSPS) is 19.6. The van der Waals surface area contributed by atoms with E-state index in [1.165, 1.54) is 0 Å². The molecule has 12 rings (SSSR count). The minimum atomic E-state index is -0.611. The maximum Gasteiger partial charge on any atom is 0.306 e. The first-order valence-corrected chi connectivity index (χ1v) is 45.2. The fourth-order valence-electron chi connectivity index (χ4n) is 15.7. The quantitative estimate of drug-likeness (QED) is 0.0109. The van der Waals surface area contributed by atoms with Crippen LogP contribution in [-0.2, 0) is 54.7 Å². The van der Waals surface area contributed by atoms with E-state index in [1.54, 1.807) is 41.3 Å². The predicted octanol–water partition coefficient (Wildman–Crippen LogP) is 18.5. The van der Waals surface area contributed by atoms with Gasteiger partial charge >= 0.3 is 11.9 Å². The molecule has 580 valence electrons. The van der Waals surface area contributed by atoms with E-state index in [-0.39, 0.29) is 72.9 Å². The Hall–Kier alpha value is -7.72. The van der Waals surface area contributed by atoms with Crippen molar-refractivity contribution in [2.24, 2.45) is 29.4 Å². The maximum absolute atomic E-state index is 13.3. The van der Waals surface area contributed by atoms with Crippen molar-refractivity contribution < 1.29 is 59.3 Å². The van der Waals surface area contributed by atoms with E-state index < -0.39 is 50.6 Å². The smallest absolute Gasteiger partial charge is 0.306 e. The summed E-state index contributed by atoms with van der Waals surface area (Å²) in [5.41, 5.74) is 11.6. The average Bonchev–Trinajstić information content (AvgIpc) is 1.73. The van der Waals surface area contributed by atoms with Gasteiger partial charge in [0.15, 0.2) is 0 Å². The number of ketones is 2. The zero-order valence-corrected chi connectivity index (χ0v) is 66.8. The second kappa shape index (κ2) is 41.5. The Labute approximate surface area is 652 Å². The summed E-state index contributed by atoms with van der Waals surface area (Å²) in [5, 5.41) is 71.0. The molecule has 8 N–H and O–H groups in total. The number of nitrogens with zero attached hydrogens (tertiary/aromatic N) is 2. The number of ether oxygens (including phenoxy) is 2.